The van der Waals surface area contributed by atoms with Crippen LogP contribution in [0.3, 0.4) is 0 Å². The third kappa shape index (κ3) is 6.77. The predicted octanol–water partition coefficient (Wildman–Crippen LogP) is 7.00. The minimum atomic E-state index is -0.623. The van der Waals surface area contributed by atoms with Gasteiger partial charge in [0.1, 0.15) is 24.0 Å². The van der Waals surface area contributed by atoms with Gasteiger partial charge in [-0.2, -0.15) is 5.26 Å². The van der Waals surface area contributed by atoms with E-state index in [0.29, 0.717) is 22.3 Å². The highest BCUT2D eigenvalue weighted by atomic mass is 127. The molecule has 1 N–H and O–H groups in total. The predicted molar refractivity (Wildman–Crippen MR) is 150 cm³/mol. The topological polar surface area (TPSA) is 105 Å². The van der Waals surface area contributed by atoms with Gasteiger partial charge in [-0.3, -0.25) is 14.9 Å². The number of nitriles is 1. The molecule has 0 aliphatic heterocycles. The second kappa shape index (κ2) is 11.8. The highest BCUT2D eigenvalue weighted by molar-refractivity contribution is 14.1. The fourth-order valence-corrected chi connectivity index (χ4v) is 5.58. The zero-order valence-electron chi connectivity index (χ0n) is 17.6. The summed E-state index contributed by atoms with van der Waals surface area (Å²) in [4.78, 5) is 23.0. The van der Waals surface area contributed by atoms with Gasteiger partial charge in [-0.25, -0.2) is 0 Å². The van der Waals surface area contributed by atoms with Gasteiger partial charge in [0.2, 0.25) is 0 Å². The van der Waals surface area contributed by atoms with Crippen LogP contribution in [-0.2, 0) is 11.4 Å². The van der Waals surface area contributed by atoms with Crippen LogP contribution in [0.2, 0.25) is 0 Å². The van der Waals surface area contributed by atoms with Gasteiger partial charge in [-0.1, -0.05) is 29.8 Å². The van der Waals surface area contributed by atoms with Crippen molar-refractivity contribution >= 4 is 84.5 Å². The summed E-state index contributed by atoms with van der Waals surface area (Å²) in [6.07, 6.45) is 1.49. The Morgan fingerprint density at radius 3 is 2.50 bits per heavy atom. The summed E-state index contributed by atoms with van der Waals surface area (Å²) in [5.74, 6) is 0.111. The summed E-state index contributed by atoms with van der Waals surface area (Å²) in [5.41, 5.74) is 3.00. The van der Waals surface area contributed by atoms with Crippen LogP contribution in [0.15, 0.2) is 64.6 Å². The maximum absolute atomic E-state index is 12.7. The van der Waals surface area contributed by atoms with Crippen LogP contribution in [0, 0.1) is 35.5 Å². The number of hydrogen-bond acceptors (Lipinski definition) is 5. The summed E-state index contributed by atoms with van der Waals surface area (Å²) in [6.45, 7) is 2.46. The van der Waals surface area contributed by atoms with Gasteiger partial charge in [0.05, 0.1) is 17.8 Å². The first kappa shape index (κ1) is 26.1. The van der Waals surface area contributed by atoms with E-state index >= 15 is 0 Å². The van der Waals surface area contributed by atoms with E-state index in [1.165, 1.54) is 24.3 Å². The largest absolute Gasteiger partial charge is 0.487 e. The van der Waals surface area contributed by atoms with Crippen molar-refractivity contribution < 1.29 is 14.5 Å². The van der Waals surface area contributed by atoms with Gasteiger partial charge in [-0.05, 0) is 103 Å². The van der Waals surface area contributed by atoms with Crippen molar-refractivity contribution in [1.82, 2.24) is 0 Å². The fourth-order valence-electron chi connectivity index (χ4n) is 2.98. The van der Waals surface area contributed by atoms with E-state index in [1.54, 1.807) is 0 Å². The van der Waals surface area contributed by atoms with Crippen LogP contribution in [-0.4, -0.2) is 10.8 Å². The second-order valence-electron chi connectivity index (χ2n) is 7.14. The molecule has 34 heavy (non-hydrogen) atoms. The molecular formula is C24H16BrI2N3O4. The number of benzene rings is 3. The Morgan fingerprint density at radius 2 is 1.91 bits per heavy atom. The minimum Gasteiger partial charge on any atom is -0.487 e. The molecule has 0 atom stereocenters. The number of ether oxygens (including phenoxy) is 1. The Labute approximate surface area is 231 Å². The summed E-state index contributed by atoms with van der Waals surface area (Å²) in [7, 11) is 0. The first-order chi connectivity index (χ1) is 16.2. The molecule has 0 fully saturated rings. The molecule has 0 radical (unpaired) electrons. The quantitative estimate of drug-likeness (QED) is 0.0923. The summed E-state index contributed by atoms with van der Waals surface area (Å²) in [6, 6.07) is 17.6. The minimum absolute atomic E-state index is 0.106. The molecule has 0 aliphatic carbocycles. The Hall–Kier alpha value is -2.50. The molecule has 3 aromatic rings. The monoisotopic (exact) mass is 743 g/mol. The van der Waals surface area contributed by atoms with Gasteiger partial charge in [0, 0.05) is 16.6 Å². The normalized spacial score (nSPS) is 11.0. The Kier molecular flexibility index (Phi) is 9.03. The number of non-ortho nitro benzene ring substituents is 1. The van der Waals surface area contributed by atoms with Crippen molar-refractivity contribution in [1.29, 1.82) is 5.26 Å². The maximum Gasteiger partial charge on any atom is 0.270 e. The van der Waals surface area contributed by atoms with Crippen LogP contribution in [0.4, 0.5) is 11.4 Å². The third-order valence-corrected chi connectivity index (χ3v) is 6.83. The number of amides is 1. The standard InChI is InChI=1S/C24H16BrI2N3O4/c1-14-3-2-4-15(7-14)13-34-23-20(26)9-16(10-21(23)27)8-17(12-28)24(31)29-22-6-5-18(30(32)33)11-19(22)25/h2-11H,13H2,1H3,(H,29,31). The molecule has 0 spiro atoms. The average molecular weight is 744 g/mol. The van der Waals surface area contributed by atoms with Gasteiger partial charge in [0.15, 0.2) is 0 Å². The number of hydrogen-bond donors (Lipinski definition) is 1. The molecule has 0 heterocycles. The van der Waals surface area contributed by atoms with Crippen molar-refractivity contribution in [2.75, 3.05) is 5.32 Å². The van der Waals surface area contributed by atoms with Crippen molar-refractivity contribution in [3.8, 4) is 11.8 Å². The molecule has 3 rings (SSSR count). The van der Waals surface area contributed by atoms with E-state index in [9.17, 15) is 20.2 Å². The number of nitro groups is 1. The van der Waals surface area contributed by atoms with E-state index in [1.807, 2.05) is 43.3 Å². The lowest BCUT2D eigenvalue weighted by Gasteiger charge is -2.12. The number of anilines is 1. The number of halogens is 3. The van der Waals surface area contributed by atoms with Crippen LogP contribution < -0.4 is 10.1 Å². The fraction of sp³-hybridized carbons (Fsp3) is 0.0833. The van der Waals surface area contributed by atoms with E-state index in [-0.39, 0.29) is 11.3 Å². The number of carbonyl (C=O) groups excluding carboxylic acids is 1. The number of aryl methyl sites for hydroxylation is 1. The van der Waals surface area contributed by atoms with Gasteiger partial charge in [0.25, 0.3) is 11.6 Å². The zero-order valence-corrected chi connectivity index (χ0v) is 23.5. The molecule has 0 aliphatic rings. The van der Waals surface area contributed by atoms with Gasteiger partial charge in [-0.15, -0.1) is 0 Å². The molecule has 10 heteroatoms. The molecule has 0 unspecified atom stereocenters. The van der Waals surface area contributed by atoms with Gasteiger partial charge >= 0.3 is 0 Å². The first-order valence-corrected chi connectivity index (χ1v) is 12.7. The van der Waals surface area contributed by atoms with Crippen LogP contribution in [0.1, 0.15) is 16.7 Å². The summed E-state index contributed by atoms with van der Waals surface area (Å²) < 4.78 is 8.06. The molecule has 7 nitrogen and oxygen atoms in total. The molecular weight excluding hydrogens is 728 g/mol. The number of nitro benzene ring substituents is 1. The second-order valence-corrected chi connectivity index (χ2v) is 10.3. The molecule has 0 aromatic heterocycles. The van der Waals surface area contributed by atoms with Crippen molar-refractivity contribution in [3.63, 3.8) is 0 Å². The SMILES string of the molecule is Cc1cccc(COc2c(I)cc(C=C(C#N)C(=O)Nc3ccc([N+](=O)[O-])cc3Br)cc2I)c1. The maximum atomic E-state index is 12.7. The third-order valence-electron chi connectivity index (χ3n) is 4.57. The highest BCUT2D eigenvalue weighted by Gasteiger charge is 2.15. The zero-order chi connectivity index (χ0) is 24.8. The lowest BCUT2D eigenvalue weighted by Crippen LogP contribution is -2.14. The number of rotatable bonds is 7. The Bertz CT molecular complexity index is 1330. The van der Waals surface area contributed by atoms with Crippen molar-refractivity contribution in [2.24, 2.45) is 0 Å². The van der Waals surface area contributed by atoms with Crippen LogP contribution in [0.5, 0.6) is 5.75 Å². The lowest BCUT2D eigenvalue weighted by molar-refractivity contribution is -0.384. The molecule has 0 saturated carbocycles. The van der Waals surface area contributed by atoms with Gasteiger partial charge < -0.3 is 10.1 Å². The molecule has 0 bridgehead atoms. The van der Waals surface area contributed by atoms with E-state index in [2.05, 4.69) is 72.5 Å². The first-order valence-electron chi connectivity index (χ1n) is 9.72. The number of carbonyl (C=O) groups is 1. The van der Waals surface area contributed by atoms with Crippen LogP contribution in [0.25, 0.3) is 6.08 Å². The van der Waals surface area contributed by atoms with Crippen LogP contribution >= 0.6 is 61.1 Å². The number of nitrogens with zero attached hydrogens (tertiary/aromatic N) is 2. The smallest absolute Gasteiger partial charge is 0.270 e. The van der Waals surface area contributed by atoms with Crippen molar-refractivity contribution in [3.05, 3.63) is 98.6 Å². The molecule has 0 saturated heterocycles. The Balaban J connectivity index is 1.78. The highest BCUT2D eigenvalue weighted by Crippen LogP contribution is 2.31. The van der Waals surface area contributed by atoms with Crippen molar-refractivity contribution in [2.45, 2.75) is 13.5 Å². The summed E-state index contributed by atoms with van der Waals surface area (Å²) >= 11 is 7.54. The average Bonchev–Trinajstić information content (AvgIpc) is 2.78. The van der Waals surface area contributed by atoms with E-state index in [0.717, 1.165) is 24.0 Å². The lowest BCUT2D eigenvalue weighted by atomic mass is 10.1. The summed E-state index contributed by atoms with van der Waals surface area (Å²) in [5, 5.41) is 23.0. The van der Waals surface area contributed by atoms with E-state index in [4.69, 9.17) is 4.74 Å². The van der Waals surface area contributed by atoms with E-state index < -0.39 is 10.8 Å². The molecule has 1 amide bonds. The molecule has 172 valence electrons. The molecule has 3 aromatic carbocycles. The number of nitrogens with one attached hydrogen (secondary N) is 1. The Morgan fingerprint density at radius 1 is 1.21 bits per heavy atom.